The van der Waals surface area contributed by atoms with Crippen LogP contribution in [-0.4, -0.2) is 23.6 Å². The average Bonchev–Trinajstić information content (AvgIpc) is 2.48. The van der Waals surface area contributed by atoms with Crippen molar-refractivity contribution >= 4 is 27.4 Å². The number of rotatable bonds is 3. The molecular weight excluding hydrogens is 320 g/mol. The van der Waals surface area contributed by atoms with Crippen molar-refractivity contribution in [2.24, 2.45) is 0 Å². The van der Waals surface area contributed by atoms with Gasteiger partial charge in [-0.25, -0.2) is 9.97 Å². The minimum Gasteiger partial charge on any atom is -0.495 e. The van der Waals surface area contributed by atoms with E-state index in [-0.39, 0.29) is 0 Å². The summed E-state index contributed by atoms with van der Waals surface area (Å²) in [4.78, 5) is 8.71. The monoisotopic (exact) mass is 334 g/mol. The van der Waals surface area contributed by atoms with E-state index in [0.29, 0.717) is 0 Å². The molecule has 0 spiro atoms. The lowest BCUT2D eigenvalue weighted by molar-refractivity contribution is 0.416. The zero-order chi connectivity index (χ0) is 13.9. The number of nitrogens with one attached hydrogen (secondary N) is 2. The minimum absolute atomic E-state index is 0.782. The predicted octanol–water partition coefficient (Wildman–Crippen LogP) is 2.64. The van der Waals surface area contributed by atoms with Crippen LogP contribution < -0.4 is 15.4 Å². The second-order valence-electron chi connectivity index (χ2n) is 4.54. The molecule has 0 bridgehead atoms. The van der Waals surface area contributed by atoms with E-state index in [9.17, 15) is 0 Å². The topological polar surface area (TPSA) is 59.1 Å². The predicted molar refractivity (Wildman–Crippen MR) is 81.4 cm³/mol. The molecule has 1 aromatic carbocycles. The van der Waals surface area contributed by atoms with Crippen molar-refractivity contribution in [3.8, 4) is 5.75 Å². The van der Waals surface area contributed by atoms with Crippen LogP contribution in [0.15, 0.2) is 29.0 Å². The van der Waals surface area contributed by atoms with Crippen molar-refractivity contribution in [2.45, 2.75) is 13.0 Å². The van der Waals surface area contributed by atoms with Gasteiger partial charge in [0, 0.05) is 29.5 Å². The van der Waals surface area contributed by atoms with Gasteiger partial charge in [0.05, 0.1) is 18.5 Å². The summed E-state index contributed by atoms with van der Waals surface area (Å²) in [5.41, 5.74) is 3.12. The Bertz CT molecular complexity index is 633. The molecule has 0 saturated carbocycles. The fourth-order valence-electron chi connectivity index (χ4n) is 2.28. The number of ether oxygens (including phenoxy) is 1. The summed E-state index contributed by atoms with van der Waals surface area (Å²) in [6, 6.07) is 5.84. The second-order valence-corrected chi connectivity index (χ2v) is 5.46. The van der Waals surface area contributed by atoms with Crippen molar-refractivity contribution in [3.05, 3.63) is 40.3 Å². The molecule has 1 aliphatic rings. The van der Waals surface area contributed by atoms with Gasteiger partial charge in [-0.05, 0) is 18.2 Å². The number of anilines is 2. The lowest BCUT2D eigenvalue weighted by atomic mass is 10.1. The third-order valence-corrected chi connectivity index (χ3v) is 3.78. The highest BCUT2D eigenvalue weighted by atomic mass is 79.9. The van der Waals surface area contributed by atoms with Crippen LogP contribution in [-0.2, 0) is 13.0 Å². The summed E-state index contributed by atoms with van der Waals surface area (Å²) in [6.07, 6.45) is 2.54. The lowest BCUT2D eigenvalue weighted by Gasteiger charge is -2.19. The van der Waals surface area contributed by atoms with Crippen LogP contribution in [0.3, 0.4) is 0 Å². The Morgan fingerprint density at radius 2 is 2.25 bits per heavy atom. The number of hydrogen-bond donors (Lipinski definition) is 2. The van der Waals surface area contributed by atoms with Gasteiger partial charge in [-0.3, -0.25) is 0 Å². The van der Waals surface area contributed by atoms with Gasteiger partial charge < -0.3 is 15.4 Å². The van der Waals surface area contributed by atoms with E-state index in [4.69, 9.17) is 4.74 Å². The van der Waals surface area contributed by atoms with Crippen LogP contribution in [0.4, 0.5) is 11.5 Å². The quantitative estimate of drug-likeness (QED) is 0.903. The number of halogens is 1. The first kappa shape index (κ1) is 13.3. The number of hydrogen-bond acceptors (Lipinski definition) is 5. The van der Waals surface area contributed by atoms with Crippen molar-refractivity contribution in [2.75, 3.05) is 19.0 Å². The van der Waals surface area contributed by atoms with E-state index >= 15 is 0 Å². The van der Waals surface area contributed by atoms with Gasteiger partial charge in [0.2, 0.25) is 0 Å². The van der Waals surface area contributed by atoms with Gasteiger partial charge in [0.15, 0.2) is 0 Å². The highest BCUT2D eigenvalue weighted by molar-refractivity contribution is 9.10. The molecule has 1 aliphatic heterocycles. The summed E-state index contributed by atoms with van der Waals surface area (Å²) in [5.74, 6) is 1.61. The molecule has 0 amide bonds. The zero-order valence-electron chi connectivity index (χ0n) is 11.1. The fourth-order valence-corrected chi connectivity index (χ4v) is 2.64. The first-order chi connectivity index (χ1) is 9.78. The number of fused-ring (bicyclic) bond motifs is 1. The third kappa shape index (κ3) is 2.62. The maximum absolute atomic E-state index is 5.37. The van der Waals surface area contributed by atoms with Crippen molar-refractivity contribution < 1.29 is 4.74 Å². The molecule has 2 N–H and O–H groups in total. The first-order valence-electron chi connectivity index (χ1n) is 6.42. The van der Waals surface area contributed by atoms with Crippen LogP contribution in [0, 0.1) is 0 Å². The van der Waals surface area contributed by atoms with E-state index in [0.717, 1.165) is 52.5 Å². The summed E-state index contributed by atoms with van der Waals surface area (Å²) < 4.78 is 6.36. The third-order valence-electron chi connectivity index (χ3n) is 3.29. The second kappa shape index (κ2) is 5.76. The van der Waals surface area contributed by atoms with E-state index in [1.807, 2.05) is 18.2 Å². The molecule has 2 aromatic rings. The Balaban J connectivity index is 1.97. The van der Waals surface area contributed by atoms with Gasteiger partial charge in [-0.2, -0.15) is 0 Å². The van der Waals surface area contributed by atoms with E-state index < -0.39 is 0 Å². The molecule has 0 aliphatic carbocycles. The van der Waals surface area contributed by atoms with Gasteiger partial charge in [-0.15, -0.1) is 0 Å². The van der Waals surface area contributed by atoms with Crippen molar-refractivity contribution in [1.82, 2.24) is 15.3 Å². The van der Waals surface area contributed by atoms with Gasteiger partial charge in [0.1, 0.15) is 17.9 Å². The molecule has 6 heteroatoms. The molecule has 3 rings (SSSR count). The minimum atomic E-state index is 0.782. The maximum Gasteiger partial charge on any atom is 0.142 e. The SMILES string of the molecule is COc1ccc(Br)cc1Nc1ncnc2c1CNCC2. The molecule has 5 nitrogen and oxygen atoms in total. The molecule has 0 fully saturated rings. The summed E-state index contributed by atoms with van der Waals surface area (Å²) in [6.45, 7) is 1.75. The van der Waals surface area contributed by atoms with Crippen LogP contribution in [0.5, 0.6) is 5.75 Å². The molecule has 0 saturated heterocycles. The standard InChI is InChI=1S/C14H15BrN4O/c1-20-13-3-2-9(15)6-12(13)19-14-10-7-16-5-4-11(10)17-8-18-14/h2-3,6,8,16H,4-5,7H2,1H3,(H,17,18,19). The lowest BCUT2D eigenvalue weighted by Crippen LogP contribution is -2.25. The van der Waals surface area contributed by atoms with Gasteiger partial charge in [0.25, 0.3) is 0 Å². The summed E-state index contributed by atoms with van der Waals surface area (Å²) >= 11 is 3.47. The number of methoxy groups -OCH3 is 1. The van der Waals surface area contributed by atoms with E-state index in [2.05, 4.69) is 36.5 Å². The molecule has 20 heavy (non-hydrogen) atoms. The van der Waals surface area contributed by atoms with Crippen LogP contribution in [0.2, 0.25) is 0 Å². The molecule has 0 radical (unpaired) electrons. The Kier molecular flexibility index (Phi) is 3.84. The van der Waals surface area contributed by atoms with Crippen LogP contribution >= 0.6 is 15.9 Å². The summed E-state index contributed by atoms with van der Waals surface area (Å²) in [7, 11) is 1.66. The molecular formula is C14H15BrN4O. The van der Waals surface area contributed by atoms with Gasteiger partial charge >= 0.3 is 0 Å². The largest absolute Gasteiger partial charge is 0.495 e. The Morgan fingerprint density at radius 3 is 3.10 bits per heavy atom. The van der Waals surface area contributed by atoms with Crippen molar-refractivity contribution in [3.63, 3.8) is 0 Å². The summed E-state index contributed by atoms with van der Waals surface area (Å²) in [5, 5.41) is 6.69. The highest BCUT2D eigenvalue weighted by Crippen LogP contribution is 2.31. The highest BCUT2D eigenvalue weighted by Gasteiger charge is 2.16. The van der Waals surface area contributed by atoms with Crippen LogP contribution in [0.25, 0.3) is 0 Å². The molecule has 0 unspecified atom stereocenters. The molecule has 1 aromatic heterocycles. The number of aromatic nitrogens is 2. The van der Waals surface area contributed by atoms with Crippen molar-refractivity contribution in [1.29, 1.82) is 0 Å². The Hall–Kier alpha value is -1.66. The number of nitrogens with zero attached hydrogens (tertiary/aromatic N) is 2. The number of benzene rings is 1. The Labute approximate surface area is 125 Å². The molecule has 104 valence electrons. The van der Waals surface area contributed by atoms with Gasteiger partial charge in [-0.1, -0.05) is 15.9 Å². The normalized spacial score (nSPS) is 13.7. The van der Waals surface area contributed by atoms with Crippen LogP contribution in [0.1, 0.15) is 11.3 Å². The zero-order valence-corrected chi connectivity index (χ0v) is 12.7. The maximum atomic E-state index is 5.37. The van der Waals surface area contributed by atoms with E-state index in [1.54, 1.807) is 13.4 Å². The molecule has 2 heterocycles. The fraction of sp³-hybridized carbons (Fsp3) is 0.286. The van der Waals surface area contributed by atoms with E-state index in [1.165, 1.54) is 0 Å². The Morgan fingerprint density at radius 1 is 1.35 bits per heavy atom. The smallest absolute Gasteiger partial charge is 0.142 e. The first-order valence-corrected chi connectivity index (χ1v) is 7.21. The molecule has 0 atom stereocenters. The average molecular weight is 335 g/mol.